The van der Waals surface area contributed by atoms with Crippen molar-refractivity contribution in [2.24, 2.45) is 0 Å². The van der Waals surface area contributed by atoms with E-state index in [0.29, 0.717) is 10.1 Å². The van der Waals surface area contributed by atoms with Crippen LogP contribution in [0.15, 0.2) is 11.4 Å². The first-order valence-corrected chi connectivity index (χ1v) is 7.00. The molecule has 1 saturated carbocycles. The summed E-state index contributed by atoms with van der Waals surface area (Å²) in [6.45, 7) is 1.84. The first-order chi connectivity index (χ1) is 8.16. The Kier molecular flexibility index (Phi) is 2.56. The summed E-state index contributed by atoms with van der Waals surface area (Å²) in [6.07, 6.45) is 3.98. The van der Waals surface area contributed by atoms with Crippen LogP contribution in [0.1, 0.15) is 28.1 Å². The molecule has 1 fully saturated rings. The maximum atomic E-state index is 11.1. The fourth-order valence-corrected chi connectivity index (χ4v) is 3.89. The Morgan fingerprint density at radius 1 is 1.53 bits per heavy atom. The van der Waals surface area contributed by atoms with Gasteiger partial charge in [0.2, 0.25) is 0 Å². The van der Waals surface area contributed by atoms with Crippen LogP contribution < -0.4 is 0 Å². The zero-order valence-electron chi connectivity index (χ0n) is 9.14. The molecule has 0 saturated heterocycles. The van der Waals surface area contributed by atoms with Gasteiger partial charge in [0.25, 0.3) is 0 Å². The Hall–Kier alpha value is -1.14. The van der Waals surface area contributed by atoms with Crippen molar-refractivity contribution < 1.29 is 9.90 Å². The molecule has 6 heteroatoms. The summed E-state index contributed by atoms with van der Waals surface area (Å²) < 4.78 is 0. The van der Waals surface area contributed by atoms with Crippen LogP contribution in [0.25, 0.3) is 10.2 Å². The highest BCUT2D eigenvalue weighted by Crippen LogP contribution is 2.42. The molecule has 2 heterocycles. The van der Waals surface area contributed by atoms with E-state index in [1.807, 2.05) is 6.92 Å². The lowest BCUT2D eigenvalue weighted by Crippen LogP contribution is -1.94. The maximum Gasteiger partial charge on any atom is 0.346 e. The third kappa shape index (κ3) is 1.91. The molecular formula is C11H10N2O2S2. The zero-order valence-corrected chi connectivity index (χ0v) is 10.8. The molecule has 3 rings (SSSR count). The van der Waals surface area contributed by atoms with Crippen molar-refractivity contribution in [3.05, 3.63) is 16.8 Å². The summed E-state index contributed by atoms with van der Waals surface area (Å²) >= 11 is 2.97. The summed E-state index contributed by atoms with van der Waals surface area (Å²) in [6, 6.07) is 0. The second-order valence-corrected chi connectivity index (χ2v) is 6.33. The largest absolute Gasteiger partial charge is 0.477 e. The third-order valence-corrected chi connectivity index (χ3v) is 5.21. The van der Waals surface area contributed by atoms with Gasteiger partial charge in [-0.3, -0.25) is 0 Å². The number of aromatic carboxylic acids is 1. The molecule has 0 atom stereocenters. The van der Waals surface area contributed by atoms with Gasteiger partial charge in [0.05, 0.1) is 0 Å². The van der Waals surface area contributed by atoms with Crippen LogP contribution in [0.5, 0.6) is 0 Å². The summed E-state index contributed by atoms with van der Waals surface area (Å²) in [5.74, 6) is -0.882. The van der Waals surface area contributed by atoms with Crippen LogP contribution in [0.4, 0.5) is 0 Å². The van der Waals surface area contributed by atoms with Crippen molar-refractivity contribution >= 4 is 39.3 Å². The molecule has 1 aliphatic carbocycles. The molecule has 0 aromatic carbocycles. The quantitative estimate of drug-likeness (QED) is 0.865. The average molecular weight is 266 g/mol. The number of thioether (sulfide) groups is 1. The number of rotatable bonds is 3. The minimum Gasteiger partial charge on any atom is -0.477 e. The predicted octanol–water partition coefficient (Wildman–Crippen LogP) is 2.95. The number of carboxylic acids is 1. The number of hydrogen-bond donors (Lipinski definition) is 1. The van der Waals surface area contributed by atoms with E-state index in [1.54, 1.807) is 11.8 Å². The van der Waals surface area contributed by atoms with Crippen LogP contribution in [0.3, 0.4) is 0 Å². The molecule has 0 aliphatic heterocycles. The summed E-state index contributed by atoms with van der Waals surface area (Å²) in [4.78, 5) is 20.7. The molecule has 0 amide bonds. The molecule has 4 nitrogen and oxygen atoms in total. The minimum absolute atomic E-state index is 0.373. The molecule has 1 aliphatic rings. The number of nitrogens with zero attached hydrogens (tertiary/aromatic N) is 2. The van der Waals surface area contributed by atoms with Gasteiger partial charge in [0.15, 0.2) is 0 Å². The molecule has 0 unspecified atom stereocenters. The van der Waals surface area contributed by atoms with Crippen molar-refractivity contribution in [3.63, 3.8) is 0 Å². The number of carboxylic acid groups (broad SMARTS) is 1. The van der Waals surface area contributed by atoms with E-state index in [4.69, 9.17) is 5.11 Å². The smallest absolute Gasteiger partial charge is 0.346 e. The van der Waals surface area contributed by atoms with Crippen molar-refractivity contribution in [2.75, 3.05) is 0 Å². The van der Waals surface area contributed by atoms with E-state index >= 15 is 0 Å². The van der Waals surface area contributed by atoms with E-state index in [0.717, 1.165) is 20.8 Å². The SMILES string of the molecule is Cc1c(C(=O)O)sc2ncnc(SC3CC3)c12. The number of carbonyl (C=O) groups is 1. The number of hydrogen-bond acceptors (Lipinski definition) is 5. The lowest BCUT2D eigenvalue weighted by Gasteiger charge is -2.00. The molecule has 2 aromatic heterocycles. The van der Waals surface area contributed by atoms with Crippen LogP contribution in [0, 0.1) is 6.92 Å². The molecule has 1 N–H and O–H groups in total. The van der Waals surface area contributed by atoms with Crippen molar-refractivity contribution in [2.45, 2.75) is 30.0 Å². The van der Waals surface area contributed by atoms with Gasteiger partial charge in [-0.2, -0.15) is 0 Å². The van der Waals surface area contributed by atoms with Crippen LogP contribution in [0.2, 0.25) is 0 Å². The predicted molar refractivity (Wildman–Crippen MR) is 68.0 cm³/mol. The molecule has 0 spiro atoms. The fraction of sp³-hybridized carbons (Fsp3) is 0.364. The summed E-state index contributed by atoms with van der Waals surface area (Å²) in [7, 11) is 0. The fourth-order valence-electron chi connectivity index (χ4n) is 1.68. The number of aromatic nitrogens is 2. The first kappa shape index (κ1) is 11.0. The van der Waals surface area contributed by atoms with Gasteiger partial charge >= 0.3 is 5.97 Å². The Morgan fingerprint density at radius 2 is 2.29 bits per heavy atom. The summed E-state index contributed by atoms with van der Waals surface area (Å²) in [5.41, 5.74) is 0.793. The first-order valence-electron chi connectivity index (χ1n) is 5.31. The molecule has 17 heavy (non-hydrogen) atoms. The summed E-state index contributed by atoms with van der Waals surface area (Å²) in [5, 5.41) is 11.6. The van der Waals surface area contributed by atoms with Crippen LogP contribution in [-0.2, 0) is 0 Å². The van der Waals surface area contributed by atoms with E-state index in [-0.39, 0.29) is 0 Å². The Labute approximate surface area is 106 Å². The minimum atomic E-state index is -0.882. The molecule has 0 bridgehead atoms. The Balaban J connectivity index is 2.18. The van der Waals surface area contributed by atoms with Gasteiger partial charge in [-0.15, -0.1) is 23.1 Å². The monoisotopic (exact) mass is 266 g/mol. The highest BCUT2D eigenvalue weighted by Gasteiger charge is 2.26. The normalized spacial score (nSPS) is 15.4. The lowest BCUT2D eigenvalue weighted by atomic mass is 10.2. The van der Waals surface area contributed by atoms with Gasteiger partial charge in [-0.1, -0.05) is 0 Å². The van der Waals surface area contributed by atoms with E-state index in [1.165, 1.54) is 30.5 Å². The molecular weight excluding hydrogens is 256 g/mol. The average Bonchev–Trinajstić information content (AvgIpc) is 3.02. The number of fused-ring (bicyclic) bond motifs is 1. The highest BCUT2D eigenvalue weighted by molar-refractivity contribution is 8.00. The van der Waals surface area contributed by atoms with Crippen molar-refractivity contribution in [3.8, 4) is 0 Å². The third-order valence-electron chi connectivity index (χ3n) is 2.69. The zero-order chi connectivity index (χ0) is 12.0. The highest BCUT2D eigenvalue weighted by atomic mass is 32.2. The maximum absolute atomic E-state index is 11.1. The second kappa shape index (κ2) is 3.96. The van der Waals surface area contributed by atoms with Gasteiger partial charge in [0.1, 0.15) is 21.1 Å². The van der Waals surface area contributed by atoms with Gasteiger partial charge < -0.3 is 5.11 Å². The van der Waals surface area contributed by atoms with Crippen LogP contribution >= 0.6 is 23.1 Å². The van der Waals surface area contributed by atoms with Gasteiger partial charge in [-0.25, -0.2) is 14.8 Å². The molecule has 2 aromatic rings. The standard InChI is InChI=1S/C11H10N2O2S2/c1-5-7-9(16-6-2-3-6)12-4-13-10(7)17-8(5)11(14)15/h4,6H,2-3H2,1H3,(H,14,15). The molecule has 88 valence electrons. The van der Waals surface area contributed by atoms with Gasteiger partial charge in [0, 0.05) is 10.6 Å². The Morgan fingerprint density at radius 3 is 2.94 bits per heavy atom. The second-order valence-electron chi connectivity index (χ2n) is 4.04. The van der Waals surface area contributed by atoms with E-state index < -0.39 is 5.97 Å². The van der Waals surface area contributed by atoms with Crippen molar-refractivity contribution in [1.29, 1.82) is 0 Å². The van der Waals surface area contributed by atoms with Crippen LogP contribution in [-0.4, -0.2) is 26.3 Å². The molecule has 0 radical (unpaired) electrons. The van der Waals surface area contributed by atoms with E-state index in [2.05, 4.69) is 9.97 Å². The van der Waals surface area contributed by atoms with Gasteiger partial charge in [-0.05, 0) is 25.3 Å². The van der Waals surface area contributed by atoms with E-state index in [9.17, 15) is 4.79 Å². The number of aryl methyl sites for hydroxylation is 1. The topological polar surface area (TPSA) is 63.1 Å². The Bertz CT molecular complexity index is 605. The number of thiophene rings is 1. The van der Waals surface area contributed by atoms with Crippen molar-refractivity contribution in [1.82, 2.24) is 9.97 Å². The lowest BCUT2D eigenvalue weighted by molar-refractivity contribution is 0.0701.